The molecule has 0 spiro atoms. The standard InChI is InChI=1S/C39H29N3/c1-25-10-9-11-28(22-25)38-39(40-38)42-35-17-8-6-15-31(35)33-23-26(19-21-36(33)42)27-18-20-32-30-14-5-7-16-34(30)41(37(32)24-27)29-12-3-2-4-13-29/h2-24,38-40H,1H3/t38-,39?/m1/s1. The van der Waals surface area contributed by atoms with Crippen LogP contribution in [0.15, 0.2) is 140 Å². The number of hydrogen-bond donors (Lipinski definition) is 1. The first kappa shape index (κ1) is 23.6. The SMILES string of the molecule is Cc1cccc([C@H]2NC2n2c3ccccc3c3cc(-c4ccc5c6ccccc6n(-c6ccccc6)c5c4)ccc32)c1. The van der Waals surface area contributed by atoms with Crippen molar-refractivity contribution in [1.82, 2.24) is 14.5 Å². The summed E-state index contributed by atoms with van der Waals surface area (Å²) in [6.07, 6.45) is 0.248. The number of aryl methyl sites for hydroxylation is 1. The summed E-state index contributed by atoms with van der Waals surface area (Å²) in [5.74, 6) is 0. The highest BCUT2D eigenvalue weighted by Gasteiger charge is 2.40. The van der Waals surface area contributed by atoms with Gasteiger partial charge in [-0.05, 0) is 66.1 Å². The Kier molecular flexibility index (Phi) is 5.02. The van der Waals surface area contributed by atoms with Crippen molar-refractivity contribution in [2.75, 3.05) is 0 Å². The summed E-state index contributed by atoms with van der Waals surface area (Å²) in [5, 5.41) is 8.91. The molecule has 1 aliphatic rings. The molecule has 1 unspecified atom stereocenters. The largest absolute Gasteiger partial charge is 0.322 e. The summed E-state index contributed by atoms with van der Waals surface area (Å²) in [5.41, 5.74) is 11.3. The maximum atomic E-state index is 3.76. The van der Waals surface area contributed by atoms with Gasteiger partial charge >= 0.3 is 0 Å². The highest BCUT2D eigenvalue weighted by molar-refractivity contribution is 6.12. The molecule has 6 aromatic carbocycles. The minimum Gasteiger partial charge on any atom is -0.322 e. The summed E-state index contributed by atoms with van der Waals surface area (Å²) in [6, 6.07) is 51.3. The maximum absolute atomic E-state index is 3.76. The minimum absolute atomic E-state index is 0.248. The number of nitrogens with zero attached hydrogens (tertiary/aromatic N) is 2. The number of hydrogen-bond acceptors (Lipinski definition) is 1. The molecule has 2 aromatic heterocycles. The van der Waals surface area contributed by atoms with Gasteiger partial charge in [0.2, 0.25) is 0 Å². The Balaban J connectivity index is 1.21. The van der Waals surface area contributed by atoms with Crippen LogP contribution in [-0.2, 0) is 0 Å². The second-order valence-electron chi connectivity index (χ2n) is 11.5. The molecule has 1 fully saturated rings. The van der Waals surface area contributed by atoms with Crippen LogP contribution in [0.4, 0.5) is 0 Å². The molecule has 3 heterocycles. The van der Waals surface area contributed by atoms with E-state index in [1.54, 1.807) is 0 Å². The molecule has 3 nitrogen and oxygen atoms in total. The van der Waals surface area contributed by atoms with Crippen molar-refractivity contribution in [3.63, 3.8) is 0 Å². The molecule has 0 amide bonds. The lowest BCUT2D eigenvalue weighted by molar-refractivity contribution is 0.760. The third-order valence-corrected chi connectivity index (χ3v) is 8.97. The van der Waals surface area contributed by atoms with Crippen LogP contribution in [0.2, 0.25) is 0 Å². The van der Waals surface area contributed by atoms with E-state index < -0.39 is 0 Å². The molecular formula is C39H29N3. The van der Waals surface area contributed by atoms with Crippen molar-refractivity contribution >= 4 is 43.6 Å². The zero-order valence-electron chi connectivity index (χ0n) is 23.3. The van der Waals surface area contributed by atoms with Gasteiger partial charge in [-0.3, -0.25) is 5.32 Å². The fourth-order valence-electron chi connectivity index (χ4n) is 6.98. The van der Waals surface area contributed by atoms with Crippen molar-refractivity contribution in [2.45, 2.75) is 19.1 Å². The predicted octanol–water partition coefficient (Wildman–Crippen LogP) is 9.71. The van der Waals surface area contributed by atoms with E-state index in [0.29, 0.717) is 6.04 Å². The Bertz CT molecular complexity index is 2300. The first-order valence-corrected chi connectivity index (χ1v) is 14.7. The first-order valence-electron chi connectivity index (χ1n) is 14.7. The molecule has 1 N–H and O–H groups in total. The van der Waals surface area contributed by atoms with Gasteiger partial charge < -0.3 is 9.13 Å². The van der Waals surface area contributed by atoms with E-state index in [2.05, 4.69) is 161 Å². The monoisotopic (exact) mass is 539 g/mol. The molecule has 0 saturated carbocycles. The Labute approximate surface area is 244 Å². The maximum Gasteiger partial charge on any atom is 0.105 e. The number of nitrogens with one attached hydrogen (secondary N) is 1. The normalized spacial score (nSPS) is 16.6. The van der Waals surface area contributed by atoms with Crippen LogP contribution in [0.1, 0.15) is 23.3 Å². The first-order chi connectivity index (χ1) is 20.7. The van der Waals surface area contributed by atoms with Crippen molar-refractivity contribution in [3.05, 3.63) is 151 Å². The quantitative estimate of drug-likeness (QED) is 0.222. The van der Waals surface area contributed by atoms with Gasteiger partial charge in [0.15, 0.2) is 0 Å². The van der Waals surface area contributed by atoms with Crippen molar-refractivity contribution in [3.8, 4) is 16.8 Å². The van der Waals surface area contributed by atoms with Gasteiger partial charge in [0.25, 0.3) is 0 Å². The van der Waals surface area contributed by atoms with Gasteiger partial charge in [-0.25, -0.2) is 0 Å². The average Bonchev–Trinajstić information content (AvgIpc) is 3.66. The number of aromatic nitrogens is 2. The van der Waals surface area contributed by atoms with Crippen LogP contribution >= 0.6 is 0 Å². The van der Waals surface area contributed by atoms with Gasteiger partial charge in [0, 0.05) is 27.2 Å². The molecule has 0 radical (unpaired) electrons. The fraction of sp³-hybridized carbons (Fsp3) is 0.0769. The van der Waals surface area contributed by atoms with Crippen LogP contribution in [0, 0.1) is 6.92 Å². The van der Waals surface area contributed by atoms with Crippen LogP contribution in [0.3, 0.4) is 0 Å². The van der Waals surface area contributed by atoms with Gasteiger partial charge in [-0.1, -0.05) is 103 Å². The summed E-state index contributed by atoms with van der Waals surface area (Å²) >= 11 is 0. The molecule has 9 rings (SSSR count). The number of para-hydroxylation sites is 3. The van der Waals surface area contributed by atoms with E-state index >= 15 is 0 Å². The van der Waals surface area contributed by atoms with Gasteiger partial charge in [0.05, 0.1) is 28.1 Å². The summed E-state index contributed by atoms with van der Waals surface area (Å²) in [4.78, 5) is 0. The Morgan fingerprint density at radius 3 is 2.00 bits per heavy atom. The molecule has 1 aliphatic heterocycles. The molecule has 42 heavy (non-hydrogen) atoms. The minimum atomic E-state index is 0.248. The highest BCUT2D eigenvalue weighted by Crippen LogP contribution is 2.45. The zero-order chi connectivity index (χ0) is 27.8. The fourth-order valence-corrected chi connectivity index (χ4v) is 6.98. The lowest BCUT2D eigenvalue weighted by atomic mass is 10.0. The molecule has 8 aromatic rings. The zero-order valence-corrected chi connectivity index (χ0v) is 23.3. The highest BCUT2D eigenvalue weighted by atomic mass is 15.3. The summed E-state index contributed by atoms with van der Waals surface area (Å²) < 4.78 is 4.89. The topological polar surface area (TPSA) is 31.8 Å². The van der Waals surface area contributed by atoms with E-state index in [-0.39, 0.29) is 6.17 Å². The third-order valence-electron chi connectivity index (χ3n) is 8.97. The summed E-state index contributed by atoms with van der Waals surface area (Å²) in [6.45, 7) is 2.17. The third kappa shape index (κ3) is 3.50. The molecule has 2 atom stereocenters. The van der Waals surface area contributed by atoms with E-state index in [9.17, 15) is 0 Å². The number of rotatable bonds is 4. The number of benzene rings is 6. The van der Waals surface area contributed by atoms with Crippen molar-refractivity contribution in [1.29, 1.82) is 0 Å². The second kappa shape index (κ2) is 8.94. The number of fused-ring (bicyclic) bond motifs is 6. The van der Waals surface area contributed by atoms with E-state index in [0.717, 1.165) is 0 Å². The van der Waals surface area contributed by atoms with E-state index in [1.165, 1.54) is 71.6 Å². The van der Waals surface area contributed by atoms with Crippen LogP contribution in [-0.4, -0.2) is 9.13 Å². The Morgan fingerprint density at radius 2 is 1.17 bits per heavy atom. The van der Waals surface area contributed by atoms with Gasteiger partial charge in [-0.2, -0.15) is 0 Å². The van der Waals surface area contributed by atoms with Gasteiger partial charge in [0.1, 0.15) is 6.17 Å². The predicted molar refractivity (Wildman–Crippen MR) is 175 cm³/mol. The molecule has 0 bridgehead atoms. The van der Waals surface area contributed by atoms with E-state index in [4.69, 9.17) is 0 Å². The van der Waals surface area contributed by atoms with Crippen molar-refractivity contribution in [2.24, 2.45) is 0 Å². The second-order valence-corrected chi connectivity index (χ2v) is 11.5. The molecule has 200 valence electrons. The Morgan fingerprint density at radius 1 is 0.500 bits per heavy atom. The smallest absolute Gasteiger partial charge is 0.105 e. The molecular weight excluding hydrogens is 510 g/mol. The van der Waals surface area contributed by atoms with Crippen molar-refractivity contribution < 1.29 is 0 Å². The summed E-state index contributed by atoms with van der Waals surface area (Å²) in [7, 11) is 0. The van der Waals surface area contributed by atoms with Crippen LogP contribution in [0.25, 0.3) is 60.4 Å². The lowest BCUT2D eigenvalue weighted by Gasteiger charge is -2.09. The molecule has 3 heteroatoms. The molecule has 0 aliphatic carbocycles. The lowest BCUT2D eigenvalue weighted by Crippen LogP contribution is -1.97. The van der Waals surface area contributed by atoms with Crippen LogP contribution < -0.4 is 5.32 Å². The average molecular weight is 540 g/mol. The van der Waals surface area contributed by atoms with Crippen LogP contribution in [0.5, 0.6) is 0 Å². The Hall–Kier alpha value is -5.12. The van der Waals surface area contributed by atoms with Gasteiger partial charge in [-0.15, -0.1) is 0 Å². The van der Waals surface area contributed by atoms with E-state index in [1.807, 2.05) is 0 Å². The molecule has 1 saturated heterocycles.